The third kappa shape index (κ3) is 1.94. The average Bonchev–Trinajstić information content (AvgIpc) is 3.15. The summed E-state index contributed by atoms with van der Waals surface area (Å²) in [6.07, 6.45) is 4.19. The van der Waals surface area contributed by atoms with Crippen LogP contribution in [0.1, 0.15) is 25.7 Å². The standard InChI is InChI=1S/C17H18BrNO3/c18-9-1-3-10(4-2-9)19-15(20)13-11-5-6-12(14(13)16(21)22)17(11)7-8-17/h1-4,11-14H,5-8H2,(H,19,20)(H,21,22)/t11-,12+,13+,14+/m0/s1. The number of hydrogen-bond acceptors (Lipinski definition) is 2. The van der Waals surface area contributed by atoms with E-state index in [2.05, 4.69) is 21.2 Å². The van der Waals surface area contributed by atoms with Gasteiger partial charge in [0.1, 0.15) is 0 Å². The predicted molar refractivity (Wildman–Crippen MR) is 85.3 cm³/mol. The molecule has 3 saturated carbocycles. The lowest BCUT2D eigenvalue weighted by atomic mass is 9.78. The van der Waals surface area contributed by atoms with Gasteiger partial charge < -0.3 is 10.4 Å². The van der Waals surface area contributed by atoms with E-state index >= 15 is 0 Å². The van der Waals surface area contributed by atoms with Crippen LogP contribution in [0.4, 0.5) is 5.69 Å². The highest BCUT2D eigenvalue weighted by Gasteiger charge is 2.71. The molecule has 3 aliphatic rings. The lowest BCUT2D eigenvalue weighted by molar-refractivity contribution is -0.148. The second-order valence-electron chi connectivity index (χ2n) is 6.91. The number of carbonyl (C=O) groups is 2. The van der Waals surface area contributed by atoms with Crippen molar-refractivity contribution in [2.24, 2.45) is 29.1 Å². The van der Waals surface area contributed by atoms with Gasteiger partial charge in [0.2, 0.25) is 5.91 Å². The molecule has 0 saturated heterocycles. The van der Waals surface area contributed by atoms with Crippen molar-refractivity contribution in [3.05, 3.63) is 28.7 Å². The van der Waals surface area contributed by atoms with E-state index < -0.39 is 11.9 Å². The topological polar surface area (TPSA) is 66.4 Å². The molecule has 1 aromatic carbocycles. The van der Waals surface area contributed by atoms with Crippen molar-refractivity contribution in [1.82, 2.24) is 0 Å². The van der Waals surface area contributed by atoms with Crippen molar-refractivity contribution >= 4 is 33.5 Å². The van der Waals surface area contributed by atoms with E-state index in [9.17, 15) is 14.7 Å². The van der Waals surface area contributed by atoms with Gasteiger partial charge in [0.15, 0.2) is 0 Å². The molecule has 4 nitrogen and oxygen atoms in total. The number of hydrogen-bond donors (Lipinski definition) is 2. The minimum atomic E-state index is -0.797. The Morgan fingerprint density at radius 3 is 2.23 bits per heavy atom. The monoisotopic (exact) mass is 363 g/mol. The predicted octanol–water partition coefficient (Wildman–Crippen LogP) is 3.52. The summed E-state index contributed by atoms with van der Waals surface area (Å²) in [6, 6.07) is 7.40. The summed E-state index contributed by atoms with van der Waals surface area (Å²) < 4.78 is 0.950. The Bertz CT molecular complexity index is 638. The summed E-state index contributed by atoms with van der Waals surface area (Å²) in [6.45, 7) is 0. The maximum absolute atomic E-state index is 12.7. The minimum Gasteiger partial charge on any atom is -0.481 e. The van der Waals surface area contributed by atoms with E-state index in [1.165, 1.54) is 0 Å². The molecular weight excluding hydrogens is 346 g/mol. The Morgan fingerprint density at radius 1 is 1.09 bits per heavy atom. The maximum atomic E-state index is 12.7. The number of carbonyl (C=O) groups excluding carboxylic acids is 1. The van der Waals surface area contributed by atoms with Crippen LogP contribution in [0, 0.1) is 29.1 Å². The Labute approximate surface area is 137 Å². The van der Waals surface area contributed by atoms with Gasteiger partial charge in [-0.15, -0.1) is 0 Å². The molecule has 4 rings (SSSR count). The number of anilines is 1. The van der Waals surface area contributed by atoms with E-state index in [4.69, 9.17) is 0 Å². The van der Waals surface area contributed by atoms with Gasteiger partial charge in [-0.05, 0) is 67.2 Å². The molecular formula is C17H18BrNO3. The van der Waals surface area contributed by atoms with Crippen molar-refractivity contribution in [2.45, 2.75) is 25.7 Å². The summed E-state index contributed by atoms with van der Waals surface area (Å²) >= 11 is 3.37. The second kappa shape index (κ2) is 4.82. The van der Waals surface area contributed by atoms with Crippen molar-refractivity contribution in [3.8, 4) is 0 Å². The van der Waals surface area contributed by atoms with Crippen LogP contribution >= 0.6 is 15.9 Å². The lowest BCUT2D eigenvalue weighted by Gasteiger charge is -2.26. The average molecular weight is 364 g/mol. The highest BCUT2D eigenvalue weighted by atomic mass is 79.9. The number of carboxylic acid groups (broad SMARTS) is 1. The molecule has 0 aromatic heterocycles. The summed E-state index contributed by atoms with van der Waals surface area (Å²) in [7, 11) is 0. The number of benzene rings is 1. The van der Waals surface area contributed by atoms with Crippen LogP contribution in [0.15, 0.2) is 28.7 Å². The van der Waals surface area contributed by atoms with Crippen LogP contribution in [0.3, 0.4) is 0 Å². The highest BCUT2D eigenvalue weighted by Crippen LogP contribution is 2.74. The molecule has 0 radical (unpaired) electrons. The lowest BCUT2D eigenvalue weighted by Crippen LogP contribution is -2.37. The molecule has 3 aliphatic carbocycles. The largest absolute Gasteiger partial charge is 0.481 e. The summed E-state index contributed by atoms with van der Waals surface area (Å²) in [4.78, 5) is 24.5. The number of rotatable bonds is 3. The Balaban J connectivity index is 1.59. The second-order valence-corrected chi connectivity index (χ2v) is 7.83. The number of aliphatic carboxylic acids is 1. The smallest absolute Gasteiger partial charge is 0.307 e. The summed E-state index contributed by atoms with van der Waals surface area (Å²) in [5.74, 6) is -1.33. The number of amides is 1. The van der Waals surface area contributed by atoms with Gasteiger partial charge in [-0.2, -0.15) is 0 Å². The van der Waals surface area contributed by atoms with Gasteiger partial charge in [-0.3, -0.25) is 9.59 Å². The van der Waals surface area contributed by atoms with Gasteiger partial charge in [-0.1, -0.05) is 15.9 Å². The first-order chi connectivity index (χ1) is 10.5. The fourth-order valence-electron chi connectivity index (χ4n) is 5.10. The fourth-order valence-corrected chi connectivity index (χ4v) is 5.36. The van der Waals surface area contributed by atoms with E-state index in [1.54, 1.807) is 0 Å². The van der Waals surface area contributed by atoms with Crippen molar-refractivity contribution in [1.29, 1.82) is 0 Å². The van der Waals surface area contributed by atoms with Crippen molar-refractivity contribution < 1.29 is 14.7 Å². The Morgan fingerprint density at radius 2 is 1.68 bits per heavy atom. The van der Waals surface area contributed by atoms with Crippen molar-refractivity contribution in [3.63, 3.8) is 0 Å². The molecule has 4 atom stereocenters. The molecule has 22 heavy (non-hydrogen) atoms. The van der Waals surface area contributed by atoms with E-state index in [-0.39, 0.29) is 29.1 Å². The molecule has 2 bridgehead atoms. The zero-order valence-corrected chi connectivity index (χ0v) is 13.7. The van der Waals surface area contributed by atoms with Gasteiger partial charge in [0.05, 0.1) is 11.8 Å². The van der Waals surface area contributed by atoms with Crippen LogP contribution in [0.2, 0.25) is 0 Å². The van der Waals surface area contributed by atoms with Crippen LogP contribution in [-0.2, 0) is 9.59 Å². The first kappa shape index (κ1) is 14.2. The zero-order chi connectivity index (χ0) is 15.5. The maximum Gasteiger partial charge on any atom is 0.307 e. The van der Waals surface area contributed by atoms with Crippen molar-refractivity contribution in [2.75, 3.05) is 5.32 Å². The normalized spacial score (nSPS) is 33.9. The molecule has 1 amide bonds. The molecule has 1 aromatic rings. The van der Waals surface area contributed by atoms with E-state index in [1.807, 2.05) is 24.3 Å². The van der Waals surface area contributed by atoms with E-state index in [0.717, 1.165) is 35.8 Å². The summed E-state index contributed by atoms with van der Waals surface area (Å²) in [5, 5.41) is 12.6. The van der Waals surface area contributed by atoms with Gasteiger partial charge in [0, 0.05) is 10.2 Å². The fraction of sp³-hybridized carbons (Fsp3) is 0.529. The first-order valence-corrected chi connectivity index (χ1v) is 8.61. The molecule has 5 heteroatoms. The number of carboxylic acids is 1. The molecule has 1 spiro atoms. The highest BCUT2D eigenvalue weighted by molar-refractivity contribution is 9.10. The molecule has 2 N–H and O–H groups in total. The van der Waals surface area contributed by atoms with Crippen LogP contribution < -0.4 is 5.32 Å². The minimum absolute atomic E-state index is 0.117. The quantitative estimate of drug-likeness (QED) is 0.863. The molecule has 116 valence electrons. The van der Waals surface area contributed by atoms with Gasteiger partial charge >= 0.3 is 5.97 Å². The zero-order valence-electron chi connectivity index (χ0n) is 12.1. The molecule has 0 heterocycles. The third-order valence-corrected chi connectivity index (χ3v) is 6.58. The molecule has 3 fully saturated rings. The Kier molecular flexibility index (Phi) is 3.12. The van der Waals surface area contributed by atoms with Gasteiger partial charge in [0.25, 0.3) is 0 Å². The van der Waals surface area contributed by atoms with E-state index in [0.29, 0.717) is 0 Å². The number of nitrogens with one attached hydrogen (secondary N) is 1. The van der Waals surface area contributed by atoms with Crippen LogP contribution in [0.5, 0.6) is 0 Å². The third-order valence-electron chi connectivity index (χ3n) is 6.05. The Hall–Kier alpha value is -1.36. The van der Waals surface area contributed by atoms with Crippen LogP contribution in [-0.4, -0.2) is 17.0 Å². The molecule has 0 unspecified atom stereocenters. The first-order valence-electron chi connectivity index (χ1n) is 7.82. The van der Waals surface area contributed by atoms with Crippen LogP contribution in [0.25, 0.3) is 0 Å². The molecule has 0 aliphatic heterocycles. The number of halogens is 1. The summed E-state index contributed by atoms with van der Waals surface area (Å²) in [5.41, 5.74) is 0.898. The SMILES string of the molecule is O=C(O)[C@H]1[C@H](C(=O)Nc2ccc(Br)cc2)[C@@H]2CC[C@H]1C21CC1. The van der Waals surface area contributed by atoms with Gasteiger partial charge in [-0.25, -0.2) is 0 Å².